The molecule has 3 rings (SSSR count). The van der Waals surface area contributed by atoms with Gasteiger partial charge >= 0.3 is 0 Å². The first-order valence-electron chi connectivity index (χ1n) is 9.16. The first kappa shape index (κ1) is 20.6. The van der Waals surface area contributed by atoms with Crippen LogP contribution in [-0.4, -0.2) is 21.8 Å². The molecule has 0 radical (unpaired) electrons. The van der Waals surface area contributed by atoms with Gasteiger partial charge in [0.25, 0.3) is 11.5 Å². The number of hydrogen-bond acceptors (Lipinski definition) is 4. The molecule has 1 atom stereocenters. The maximum Gasteiger partial charge on any atom is 0.271 e. The molecular formula is C22H22ClN3O3. The van der Waals surface area contributed by atoms with Gasteiger partial charge in [-0.1, -0.05) is 17.7 Å². The predicted octanol–water partition coefficient (Wildman–Crippen LogP) is 4.22. The van der Waals surface area contributed by atoms with Gasteiger partial charge in [-0.25, -0.2) is 0 Å². The summed E-state index contributed by atoms with van der Waals surface area (Å²) in [7, 11) is 0. The smallest absolute Gasteiger partial charge is 0.271 e. The van der Waals surface area contributed by atoms with Crippen LogP contribution in [0, 0.1) is 20.8 Å². The highest BCUT2D eigenvalue weighted by molar-refractivity contribution is 6.30. The van der Waals surface area contributed by atoms with E-state index in [1.165, 1.54) is 16.8 Å². The Balaban J connectivity index is 1.78. The van der Waals surface area contributed by atoms with Gasteiger partial charge in [-0.05, 0) is 74.7 Å². The molecule has 0 bridgehead atoms. The summed E-state index contributed by atoms with van der Waals surface area (Å²) in [5.74, 6) is -0.153. The molecule has 0 aliphatic rings. The molecule has 6 nitrogen and oxygen atoms in total. The Labute approximate surface area is 174 Å². The number of aromatic nitrogens is 2. The maximum absolute atomic E-state index is 12.5. The number of benzene rings is 2. The monoisotopic (exact) mass is 411 g/mol. The summed E-state index contributed by atoms with van der Waals surface area (Å²) in [6, 6.07) is 13.7. The topological polar surface area (TPSA) is 73.2 Å². The summed E-state index contributed by atoms with van der Waals surface area (Å²) in [5, 5.41) is 7.67. The Hall–Kier alpha value is -3.12. The lowest BCUT2D eigenvalue weighted by Crippen LogP contribution is -2.31. The minimum Gasteiger partial charge on any atom is -0.463 e. The van der Waals surface area contributed by atoms with E-state index in [9.17, 15) is 9.59 Å². The molecule has 7 heteroatoms. The van der Waals surface area contributed by atoms with Gasteiger partial charge in [0.15, 0.2) is 6.10 Å². The molecule has 0 unspecified atom stereocenters. The molecule has 0 aliphatic carbocycles. The second-order valence-corrected chi connectivity index (χ2v) is 7.34. The van der Waals surface area contributed by atoms with E-state index in [-0.39, 0.29) is 17.3 Å². The van der Waals surface area contributed by atoms with E-state index in [1.54, 1.807) is 25.1 Å². The average molecular weight is 412 g/mol. The number of hydrogen-bond donors (Lipinski definition) is 1. The Kier molecular flexibility index (Phi) is 6.03. The Bertz CT molecular complexity index is 1120. The van der Waals surface area contributed by atoms with Crippen molar-refractivity contribution in [3.63, 3.8) is 0 Å². The molecule has 1 aromatic heterocycles. The zero-order valence-electron chi connectivity index (χ0n) is 16.7. The van der Waals surface area contributed by atoms with Gasteiger partial charge in [-0.15, -0.1) is 5.10 Å². The fraction of sp³-hybridized carbons (Fsp3) is 0.227. The Morgan fingerprint density at radius 2 is 1.79 bits per heavy atom. The van der Waals surface area contributed by atoms with Crippen molar-refractivity contribution >= 4 is 23.2 Å². The van der Waals surface area contributed by atoms with Crippen LogP contribution in [0.25, 0.3) is 5.69 Å². The van der Waals surface area contributed by atoms with Gasteiger partial charge in [0.05, 0.1) is 5.69 Å². The summed E-state index contributed by atoms with van der Waals surface area (Å²) in [6.07, 6.45) is -0.816. The molecule has 1 heterocycles. The van der Waals surface area contributed by atoms with Gasteiger partial charge < -0.3 is 10.1 Å². The van der Waals surface area contributed by atoms with Crippen LogP contribution in [0.3, 0.4) is 0 Å². The van der Waals surface area contributed by atoms with Crippen LogP contribution >= 0.6 is 11.6 Å². The zero-order valence-corrected chi connectivity index (χ0v) is 17.4. The number of anilines is 1. The summed E-state index contributed by atoms with van der Waals surface area (Å²) < 4.78 is 6.93. The number of carbonyl (C=O) groups excluding carboxylic acids is 1. The number of amides is 1. The average Bonchev–Trinajstić information content (AvgIpc) is 2.67. The second-order valence-electron chi connectivity index (χ2n) is 6.90. The maximum atomic E-state index is 12.5. The minimum absolute atomic E-state index is 0.179. The first-order chi connectivity index (χ1) is 13.7. The molecule has 0 spiro atoms. The number of aryl methyl sites for hydroxylation is 3. The number of halogens is 1. The number of rotatable bonds is 5. The molecule has 1 amide bonds. The molecule has 3 aromatic rings. The third-order valence-corrected chi connectivity index (χ3v) is 4.86. The first-order valence-corrected chi connectivity index (χ1v) is 9.54. The van der Waals surface area contributed by atoms with Gasteiger partial charge in [-0.2, -0.15) is 4.68 Å². The number of nitrogens with zero attached hydrogens (tertiary/aromatic N) is 2. The zero-order chi connectivity index (χ0) is 21.1. The summed E-state index contributed by atoms with van der Waals surface area (Å²) >= 11 is 5.95. The fourth-order valence-electron chi connectivity index (χ4n) is 2.74. The third-order valence-electron chi connectivity index (χ3n) is 4.62. The van der Waals surface area contributed by atoms with Crippen molar-refractivity contribution in [1.29, 1.82) is 0 Å². The van der Waals surface area contributed by atoms with Crippen molar-refractivity contribution in [1.82, 2.24) is 9.78 Å². The van der Waals surface area contributed by atoms with Gasteiger partial charge in [0.2, 0.25) is 5.88 Å². The van der Waals surface area contributed by atoms with Crippen molar-refractivity contribution < 1.29 is 9.53 Å². The van der Waals surface area contributed by atoms with E-state index in [4.69, 9.17) is 16.3 Å². The molecule has 0 saturated carbocycles. The van der Waals surface area contributed by atoms with Crippen LogP contribution in [0.5, 0.6) is 5.88 Å². The van der Waals surface area contributed by atoms with Crippen molar-refractivity contribution in [2.24, 2.45) is 0 Å². The van der Waals surface area contributed by atoms with Crippen molar-refractivity contribution in [3.8, 4) is 11.6 Å². The summed E-state index contributed by atoms with van der Waals surface area (Å²) in [6.45, 7) is 7.44. The van der Waals surface area contributed by atoms with Crippen LogP contribution in [0.15, 0.2) is 53.3 Å². The third kappa shape index (κ3) is 4.84. The molecule has 150 valence electrons. The van der Waals surface area contributed by atoms with Crippen LogP contribution < -0.4 is 15.6 Å². The number of ether oxygens (including phenoxy) is 1. The molecule has 1 N–H and O–H groups in total. The van der Waals surface area contributed by atoms with Crippen LogP contribution in [-0.2, 0) is 4.79 Å². The van der Waals surface area contributed by atoms with E-state index in [1.807, 2.05) is 39.0 Å². The highest BCUT2D eigenvalue weighted by Crippen LogP contribution is 2.20. The molecular weight excluding hydrogens is 390 g/mol. The minimum atomic E-state index is -0.816. The molecule has 0 saturated heterocycles. The quantitative estimate of drug-likeness (QED) is 0.682. The summed E-state index contributed by atoms with van der Waals surface area (Å²) in [4.78, 5) is 24.7. The second kappa shape index (κ2) is 8.49. The Morgan fingerprint density at radius 3 is 2.48 bits per heavy atom. The van der Waals surface area contributed by atoms with Crippen LogP contribution in [0.2, 0.25) is 5.02 Å². The van der Waals surface area contributed by atoms with Crippen molar-refractivity contribution in [2.45, 2.75) is 33.8 Å². The SMILES string of the molecule is Cc1ccc(-n2nc(O[C@H](C)C(=O)Nc3ccc(Cl)cc3C)ccc2=O)cc1C. The van der Waals surface area contributed by atoms with E-state index >= 15 is 0 Å². The normalized spacial score (nSPS) is 11.8. The fourth-order valence-corrected chi connectivity index (χ4v) is 2.96. The van der Waals surface area contributed by atoms with Gasteiger partial charge in [-0.3, -0.25) is 9.59 Å². The lowest BCUT2D eigenvalue weighted by Gasteiger charge is -2.16. The van der Waals surface area contributed by atoms with E-state index in [0.29, 0.717) is 16.4 Å². The molecule has 0 aliphatic heterocycles. The van der Waals surface area contributed by atoms with Gasteiger partial charge in [0, 0.05) is 22.8 Å². The van der Waals surface area contributed by atoms with Gasteiger partial charge in [0.1, 0.15) is 0 Å². The number of carbonyl (C=O) groups is 1. The largest absolute Gasteiger partial charge is 0.463 e. The van der Waals surface area contributed by atoms with E-state index in [0.717, 1.165) is 16.7 Å². The van der Waals surface area contributed by atoms with Crippen LogP contribution in [0.1, 0.15) is 23.6 Å². The Morgan fingerprint density at radius 1 is 1.03 bits per heavy atom. The summed E-state index contributed by atoms with van der Waals surface area (Å²) in [5.41, 5.74) is 4.03. The molecule has 29 heavy (non-hydrogen) atoms. The molecule has 2 aromatic carbocycles. The highest BCUT2D eigenvalue weighted by atomic mass is 35.5. The number of nitrogens with one attached hydrogen (secondary N) is 1. The molecule has 0 fully saturated rings. The lowest BCUT2D eigenvalue weighted by molar-refractivity contribution is -0.122. The van der Waals surface area contributed by atoms with Crippen molar-refractivity contribution in [3.05, 3.63) is 80.6 Å². The standard InChI is InChI=1S/C22H22ClN3O3/c1-13-5-7-18(12-14(13)2)26-21(27)10-9-20(25-26)29-16(4)22(28)24-19-8-6-17(23)11-15(19)3/h5-12,16H,1-4H3,(H,24,28)/t16-/m1/s1. The van der Waals surface area contributed by atoms with E-state index in [2.05, 4.69) is 10.4 Å². The lowest BCUT2D eigenvalue weighted by atomic mass is 10.1. The predicted molar refractivity (Wildman–Crippen MR) is 114 cm³/mol. The van der Waals surface area contributed by atoms with E-state index < -0.39 is 6.10 Å². The van der Waals surface area contributed by atoms with Crippen molar-refractivity contribution in [2.75, 3.05) is 5.32 Å². The highest BCUT2D eigenvalue weighted by Gasteiger charge is 2.17. The van der Waals surface area contributed by atoms with Crippen LogP contribution in [0.4, 0.5) is 5.69 Å².